The molecule has 7 aliphatic rings. The SMILES string of the molecule is CCCCc1cc(OC2CCC(NC(=O)c3ccc(N4CCCC5(CC(Cc6ccc(C7=N[C@@H](CC8NCCO8)C8NNC(C)N8C8SC(C)C(C)C78)cc6)C5)C4)nn3)CC2)ccc1C#N. The van der Waals surface area contributed by atoms with Gasteiger partial charge in [-0.25, -0.2) is 10.9 Å². The van der Waals surface area contributed by atoms with E-state index in [0.717, 1.165) is 113 Å². The Hall–Kier alpha value is -4.10. The fourth-order valence-electron chi connectivity index (χ4n) is 12.4. The zero-order chi connectivity index (χ0) is 45.4. The number of aliphatic imine (C=N–C) groups is 1. The van der Waals surface area contributed by atoms with E-state index in [4.69, 9.17) is 14.5 Å². The second-order valence-electron chi connectivity index (χ2n) is 20.7. The molecule has 0 radical (unpaired) electrons. The lowest BCUT2D eigenvalue weighted by atomic mass is 9.57. The topological polar surface area (TPSA) is 152 Å². The van der Waals surface area contributed by atoms with Crippen LogP contribution in [0.2, 0.25) is 0 Å². The third-order valence-corrected chi connectivity index (χ3v) is 17.8. The lowest BCUT2D eigenvalue weighted by Crippen LogP contribution is -2.51. The van der Waals surface area contributed by atoms with Gasteiger partial charge in [-0.2, -0.15) is 5.26 Å². The third-order valence-electron chi connectivity index (χ3n) is 16.1. The Balaban J connectivity index is 0.714. The van der Waals surface area contributed by atoms with Crippen LogP contribution in [0.5, 0.6) is 5.75 Å². The number of thioether (sulfide) groups is 1. The summed E-state index contributed by atoms with van der Waals surface area (Å²) < 4.78 is 12.4. The van der Waals surface area contributed by atoms with E-state index in [0.29, 0.717) is 39.5 Å². The molecule has 8 atom stereocenters. The second-order valence-corrected chi connectivity index (χ2v) is 22.2. The standard InChI is InChI=1S/C52H70N10O3S/c1-5-6-8-38-26-42(16-13-39(38)30-53)65-41-17-14-40(15-18-41)55-50(63)43-19-20-45(59-58-43)61-23-7-21-52(31-61)28-36(29-52)25-35-9-11-37(12-10-35)48-47-32(2)33(3)66-51(47)62-34(4)57-60-49(62)44(56-48)27-46-54-22-24-64-46/h9-13,16,19-20,26,32-34,36,40-41,44,46-47,49,51,54,57,60H,5-8,14-15,17-18,21-25,27-29,31H2,1-4H3,(H,55,63)/t32?,33?,34?,36?,40?,41?,44-,46?,47?,49?,51?,52?/m0/s1. The van der Waals surface area contributed by atoms with Crippen LogP contribution in [-0.2, 0) is 17.6 Å². The fourth-order valence-corrected chi connectivity index (χ4v) is 14.3. The Kier molecular flexibility index (Phi) is 13.7. The molecular formula is C52H70N10O3S. The van der Waals surface area contributed by atoms with Gasteiger partial charge in [-0.05, 0) is 142 Å². The largest absolute Gasteiger partial charge is 0.490 e. The van der Waals surface area contributed by atoms with E-state index in [-0.39, 0.29) is 42.7 Å². The summed E-state index contributed by atoms with van der Waals surface area (Å²) in [5.74, 6) is 3.09. The van der Waals surface area contributed by atoms with Crippen molar-refractivity contribution in [1.82, 2.24) is 36.6 Å². The maximum Gasteiger partial charge on any atom is 0.272 e. The summed E-state index contributed by atoms with van der Waals surface area (Å²) in [6.45, 7) is 12.9. The lowest BCUT2D eigenvalue weighted by Gasteiger charge is -2.53. The summed E-state index contributed by atoms with van der Waals surface area (Å²) in [6.07, 6.45) is 13.8. The highest BCUT2D eigenvalue weighted by Gasteiger charge is 2.53. The number of benzene rings is 2. The van der Waals surface area contributed by atoms with Gasteiger partial charge in [0, 0.05) is 49.0 Å². The molecule has 66 heavy (non-hydrogen) atoms. The van der Waals surface area contributed by atoms with Gasteiger partial charge in [0.15, 0.2) is 11.5 Å². The number of hydrogen-bond donors (Lipinski definition) is 4. The molecule has 2 aromatic carbocycles. The van der Waals surface area contributed by atoms with Gasteiger partial charge in [0.2, 0.25) is 0 Å². The Bertz CT molecular complexity index is 2230. The van der Waals surface area contributed by atoms with Crippen LogP contribution in [0.1, 0.15) is 131 Å². The number of aromatic nitrogens is 2. The van der Waals surface area contributed by atoms with Crippen LogP contribution in [0.15, 0.2) is 59.6 Å². The first-order chi connectivity index (χ1) is 32.2. The predicted molar refractivity (Wildman–Crippen MR) is 260 cm³/mol. The number of nitrogens with zero attached hydrogens (tertiary/aromatic N) is 6. The molecule has 14 heteroatoms. The number of nitrogens with one attached hydrogen (secondary N) is 4. The highest BCUT2D eigenvalue weighted by molar-refractivity contribution is 8.00. The quantitative estimate of drug-likeness (QED) is 0.136. The number of piperidine rings is 1. The molecule has 6 heterocycles. The first-order valence-corrected chi connectivity index (χ1v) is 26.2. The molecular weight excluding hydrogens is 845 g/mol. The molecule has 7 unspecified atom stereocenters. The number of rotatable bonds is 13. The van der Waals surface area contributed by atoms with Crippen LogP contribution >= 0.6 is 11.8 Å². The number of aryl methyl sites for hydroxylation is 1. The number of amides is 1. The Morgan fingerprint density at radius 1 is 1.05 bits per heavy atom. The van der Waals surface area contributed by atoms with E-state index in [1.807, 2.05) is 30.3 Å². The van der Waals surface area contributed by atoms with Crippen LogP contribution in [-0.4, -0.2) is 100 Å². The van der Waals surface area contributed by atoms with Crippen molar-refractivity contribution in [1.29, 1.82) is 5.26 Å². The van der Waals surface area contributed by atoms with Gasteiger partial charge >= 0.3 is 0 Å². The van der Waals surface area contributed by atoms with Gasteiger partial charge < -0.3 is 19.7 Å². The molecule has 0 bridgehead atoms. The number of hydrogen-bond acceptors (Lipinski definition) is 13. The molecule has 2 aliphatic carbocycles. The van der Waals surface area contributed by atoms with Gasteiger partial charge in [-0.3, -0.25) is 20.0 Å². The average molecular weight is 915 g/mol. The molecule has 2 saturated carbocycles. The minimum absolute atomic E-state index is 0.0358. The van der Waals surface area contributed by atoms with Crippen LogP contribution < -0.4 is 31.1 Å². The number of fused-ring (bicyclic) bond motifs is 3. The average Bonchev–Trinajstić information content (AvgIpc) is 4.04. The molecule has 3 aromatic rings. The molecule has 10 rings (SSSR count). The maximum atomic E-state index is 13.3. The first-order valence-electron chi connectivity index (χ1n) is 25.2. The molecule has 13 nitrogen and oxygen atoms in total. The Morgan fingerprint density at radius 2 is 1.88 bits per heavy atom. The number of unbranched alkanes of at least 4 members (excludes halogenated alkanes) is 1. The molecule has 6 fully saturated rings. The lowest BCUT2D eigenvalue weighted by molar-refractivity contribution is 0.0383. The molecule has 1 amide bonds. The van der Waals surface area contributed by atoms with Crippen molar-refractivity contribution in [3.63, 3.8) is 0 Å². The van der Waals surface area contributed by atoms with E-state index in [2.05, 4.69) is 111 Å². The fraction of sp³-hybridized carbons (Fsp3) is 0.635. The van der Waals surface area contributed by atoms with Gasteiger partial charge in [0.25, 0.3) is 5.91 Å². The van der Waals surface area contributed by atoms with Gasteiger partial charge in [0.05, 0.1) is 48.1 Å². The van der Waals surface area contributed by atoms with Crippen LogP contribution in [0.25, 0.3) is 0 Å². The normalized spacial score (nSPS) is 34.2. The monoisotopic (exact) mass is 915 g/mol. The highest BCUT2D eigenvalue weighted by Crippen LogP contribution is 2.53. The molecule has 5 aliphatic heterocycles. The van der Waals surface area contributed by atoms with Crippen molar-refractivity contribution >= 4 is 29.2 Å². The summed E-state index contributed by atoms with van der Waals surface area (Å²) >= 11 is 2.12. The Morgan fingerprint density at radius 3 is 2.62 bits per heavy atom. The van der Waals surface area contributed by atoms with Crippen LogP contribution in [0, 0.1) is 34.5 Å². The summed E-state index contributed by atoms with van der Waals surface area (Å²) in [4.78, 5) is 24.0. The molecule has 4 saturated heterocycles. The van der Waals surface area contributed by atoms with Crippen LogP contribution in [0.3, 0.4) is 0 Å². The smallest absolute Gasteiger partial charge is 0.272 e. The highest BCUT2D eigenvalue weighted by atomic mass is 32.2. The van der Waals surface area contributed by atoms with Gasteiger partial charge in [-0.15, -0.1) is 22.0 Å². The van der Waals surface area contributed by atoms with Crippen LogP contribution in [0.4, 0.5) is 5.82 Å². The minimum Gasteiger partial charge on any atom is -0.490 e. The zero-order valence-electron chi connectivity index (χ0n) is 39.4. The third kappa shape index (κ3) is 9.63. The van der Waals surface area contributed by atoms with Gasteiger partial charge in [-0.1, -0.05) is 51.5 Å². The number of ether oxygens (including phenoxy) is 2. The van der Waals surface area contributed by atoms with E-state index in [1.165, 1.54) is 36.1 Å². The Labute approximate surface area is 396 Å². The first kappa shape index (κ1) is 45.7. The van der Waals surface area contributed by atoms with Crippen molar-refractivity contribution in [2.45, 2.75) is 159 Å². The van der Waals surface area contributed by atoms with Crippen molar-refractivity contribution < 1.29 is 14.3 Å². The second kappa shape index (κ2) is 19.9. The molecule has 352 valence electrons. The summed E-state index contributed by atoms with van der Waals surface area (Å²) in [5.41, 5.74) is 13.6. The maximum absolute atomic E-state index is 13.3. The number of hydrazine groups is 1. The molecule has 1 spiro atoms. The minimum atomic E-state index is -0.162. The number of carbonyl (C=O) groups excluding carboxylic acids is 1. The van der Waals surface area contributed by atoms with E-state index < -0.39 is 0 Å². The summed E-state index contributed by atoms with van der Waals surface area (Å²) in [7, 11) is 0. The summed E-state index contributed by atoms with van der Waals surface area (Å²) in [6, 6.07) is 21.6. The van der Waals surface area contributed by atoms with Crippen molar-refractivity contribution in [2.24, 2.45) is 28.2 Å². The predicted octanol–water partition coefficient (Wildman–Crippen LogP) is 7.35. The van der Waals surface area contributed by atoms with E-state index >= 15 is 0 Å². The number of nitriles is 1. The van der Waals surface area contributed by atoms with Crippen molar-refractivity contribution in [3.05, 3.63) is 82.5 Å². The van der Waals surface area contributed by atoms with Crippen molar-refractivity contribution in [2.75, 3.05) is 31.1 Å². The van der Waals surface area contributed by atoms with E-state index in [9.17, 15) is 10.1 Å². The molecule has 4 N–H and O–H groups in total. The number of anilines is 1. The zero-order valence-corrected chi connectivity index (χ0v) is 40.2. The van der Waals surface area contributed by atoms with E-state index in [1.54, 1.807) is 0 Å². The van der Waals surface area contributed by atoms with Crippen molar-refractivity contribution in [3.8, 4) is 11.8 Å². The number of carbonyl (C=O) groups is 1. The summed E-state index contributed by atoms with van der Waals surface area (Å²) in [5, 5.41) is 26.2. The molecule has 1 aromatic heterocycles. The van der Waals surface area contributed by atoms with Gasteiger partial charge in [0.1, 0.15) is 12.0 Å².